The van der Waals surface area contributed by atoms with E-state index in [1.807, 2.05) is 30.3 Å². The average molecular weight is 345 g/mol. The van der Waals surface area contributed by atoms with Crippen molar-refractivity contribution in [2.24, 2.45) is 0 Å². The predicted molar refractivity (Wildman–Crippen MR) is 103 cm³/mol. The van der Waals surface area contributed by atoms with E-state index in [1.54, 1.807) is 0 Å². The maximum absolute atomic E-state index is 12.8. The second kappa shape index (κ2) is 6.29. The first-order chi connectivity index (χ1) is 12.8. The fraction of sp³-hybridized carbons (Fsp3) is 0.318. The summed E-state index contributed by atoms with van der Waals surface area (Å²) in [5, 5.41) is 1.34. The third-order valence-corrected chi connectivity index (χ3v) is 5.86. The number of aromatic nitrogens is 1. The van der Waals surface area contributed by atoms with Gasteiger partial charge in [0.05, 0.1) is 6.42 Å². The molecule has 3 heterocycles. The summed E-state index contributed by atoms with van der Waals surface area (Å²) < 4.78 is 0. The minimum Gasteiger partial charge on any atom is -0.357 e. The zero-order valence-corrected chi connectivity index (χ0v) is 14.8. The zero-order chi connectivity index (χ0) is 17.5. The van der Waals surface area contributed by atoms with Crippen LogP contribution in [-0.4, -0.2) is 46.4 Å². The fourth-order valence-corrected chi connectivity index (χ4v) is 4.47. The summed E-state index contributed by atoms with van der Waals surface area (Å²) >= 11 is 0. The number of aromatic amines is 1. The van der Waals surface area contributed by atoms with Crippen LogP contribution in [0.4, 0.5) is 0 Å². The number of amides is 1. The van der Waals surface area contributed by atoms with Crippen molar-refractivity contribution in [1.29, 1.82) is 0 Å². The molecule has 1 N–H and O–H groups in total. The van der Waals surface area contributed by atoms with Gasteiger partial charge in [0, 0.05) is 48.8 Å². The van der Waals surface area contributed by atoms with Crippen molar-refractivity contribution >= 4 is 16.8 Å². The normalized spacial score (nSPS) is 20.0. The van der Waals surface area contributed by atoms with Gasteiger partial charge in [-0.3, -0.25) is 9.69 Å². The van der Waals surface area contributed by atoms with Crippen molar-refractivity contribution in [2.75, 3.05) is 19.6 Å². The van der Waals surface area contributed by atoms with Crippen molar-refractivity contribution < 1.29 is 4.79 Å². The van der Waals surface area contributed by atoms with Gasteiger partial charge in [-0.25, -0.2) is 0 Å². The number of H-pyrrole nitrogens is 1. The first-order valence-electron chi connectivity index (χ1n) is 9.42. The molecule has 4 heteroatoms. The maximum atomic E-state index is 12.8. The van der Waals surface area contributed by atoms with Gasteiger partial charge in [0.2, 0.25) is 5.91 Å². The van der Waals surface area contributed by atoms with Gasteiger partial charge >= 0.3 is 0 Å². The molecule has 0 aliphatic carbocycles. The minimum absolute atomic E-state index is 0.251. The molecule has 0 spiro atoms. The topological polar surface area (TPSA) is 39.3 Å². The SMILES string of the molecule is O=C(Cc1ccccc1)N1CCN2Cc3[nH]c4ccccc4c3CC2C1. The first kappa shape index (κ1) is 15.6. The highest BCUT2D eigenvalue weighted by molar-refractivity contribution is 5.85. The molecule has 4 nitrogen and oxygen atoms in total. The highest BCUT2D eigenvalue weighted by atomic mass is 16.2. The largest absolute Gasteiger partial charge is 0.357 e. The lowest BCUT2D eigenvalue weighted by Crippen LogP contribution is -2.56. The summed E-state index contributed by atoms with van der Waals surface area (Å²) in [6, 6.07) is 19.0. The highest BCUT2D eigenvalue weighted by Crippen LogP contribution is 2.31. The fourth-order valence-electron chi connectivity index (χ4n) is 4.47. The molecule has 1 unspecified atom stereocenters. The third kappa shape index (κ3) is 2.71. The zero-order valence-electron chi connectivity index (χ0n) is 14.8. The number of benzene rings is 2. The summed E-state index contributed by atoms with van der Waals surface area (Å²) in [5.74, 6) is 0.251. The molecule has 1 fully saturated rings. The molecule has 1 atom stereocenters. The van der Waals surface area contributed by atoms with Crippen LogP contribution in [0, 0.1) is 0 Å². The lowest BCUT2D eigenvalue weighted by atomic mass is 9.94. The summed E-state index contributed by atoms with van der Waals surface area (Å²) in [5.41, 5.74) is 5.13. The highest BCUT2D eigenvalue weighted by Gasteiger charge is 2.34. The van der Waals surface area contributed by atoms with Crippen LogP contribution in [0.3, 0.4) is 0 Å². The monoisotopic (exact) mass is 345 g/mol. The molecule has 2 aliphatic heterocycles. The number of rotatable bonds is 2. The Kier molecular flexibility index (Phi) is 3.79. The summed E-state index contributed by atoms with van der Waals surface area (Å²) in [6.07, 6.45) is 1.53. The van der Waals surface area contributed by atoms with Crippen LogP contribution < -0.4 is 0 Å². The Bertz CT molecular complexity index is 946. The van der Waals surface area contributed by atoms with E-state index < -0.39 is 0 Å². The second-order valence-electron chi connectivity index (χ2n) is 7.46. The molecule has 132 valence electrons. The molecule has 0 bridgehead atoms. The quantitative estimate of drug-likeness (QED) is 0.776. The van der Waals surface area contributed by atoms with Crippen molar-refractivity contribution in [1.82, 2.24) is 14.8 Å². The smallest absolute Gasteiger partial charge is 0.227 e. The van der Waals surface area contributed by atoms with Gasteiger partial charge in [-0.15, -0.1) is 0 Å². The number of carbonyl (C=O) groups excluding carboxylic acids is 1. The number of hydrogen-bond acceptors (Lipinski definition) is 2. The molecule has 0 radical (unpaired) electrons. The van der Waals surface area contributed by atoms with E-state index in [1.165, 1.54) is 22.2 Å². The molecule has 1 aromatic heterocycles. The van der Waals surface area contributed by atoms with Crippen LogP contribution in [0.5, 0.6) is 0 Å². The van der Waals surface area contributed by atoms with E-state index in [9.17, 15) is 4.79 Å². The lowest BCUT2D eigenvalue weighted by molar-refractivity contribution is -0.133. The molecule has 3 aromatic rings. The number of carbonyl (C=O) groups is 1. The van der Waals surface area contributed by atoms with Crippen LogP contribution in [0.25, 0.3) is 10.9 Å². The Hall–Kier alpha value is -2.59. The van der Waals surface area contributed by atoms with Gasteiger partial charge in [0.1, 0.15) is 0 Å². The molecular formula is C22H23N3O. The molecule has 1 amide bonds. The van der Waals surface area contributed by atoms with Gasteiger partial charge in [-0.05, 0) is 23.6 Å². The van der Waals surface area contributed by atoms with Gasteiger partial charge < -0.3 is 9.88 Å². The number of para-hydroxylation sites is 1. The van der Waals surface area contributed by atoms with Crippen LogP contribution in [0.15, 0.2) is 54.6 Å². The standard InChI is InChI=1S/C22H23N3O/c26-22(12-16-6-2-1-3-7-16)25-11-10-24-15-21-19(13-17(24)14-25)18-8-4-5-9-20(18)23-21/h1-9,17,23H,10-15H2. The van der Waals surface area contributed by atoms with Crippen molar-refractivity contribution in [3.63, 3.8) is 0 Å². The molecular weight excluding hydrogens is 322 g/mol. The third-order valence-electron chi connectivity index (χ3n) is 5.86. The van der Waals surface area contributed by atoms with E-state index in [-0.39, 0.29) is 5.91 Å². The Balaban J connectivity index is 1.34. The van der Waals surface area contributed by atoms with Crippen molar-refractivity contribution in [3.05, 3.63) is 71.4 Å². The average Bonchev–Trinajstić information content (AvgIpc) is 3.04. The maximum Gasteiger partial charge on any atom is 0.227 e. The summed E-state index contributed by atoms with van der Waals surface area (Å²) in [4.78, 5) is 20.9. The lowest BCUT2D eigenvalue weighted by Gasteiger charge is -2.44. The van der Waals surface area contributed by atoms with E-state index in [0.29, 0.717) is 12.5 Å². The van der Waals surface area contributed by atoms with Gasteiger partial charge in [0.15, 0.2) is 0 Å². The Morgan fingerprint density at radius 3 is 2.73 bits per heavy atom. The number of hydrogen-bond donors (Lipinski definition) is 1. The first-order valence-corrected chi connectivity index (χ1v) is 9.42. The van der Waals surface area contributed by atoms with Gasteiger partial charge in [-0.2, -0.15) is 0 Å². The Labute approximate surface area is 153 Å². The van der Waals surface area contributed by atoms with E-state index in [0.717, 1.165) is 38.2 Å². The van der Waals surface area contributed by atoms with E-state index in [4.69, 9.17) is 0 Å². The molecule has 0 saturated carbocycles. The Morgan fingerprint density at radius 1 is 1.04 bits per heavy atom. The van der Waals surface area contributed by atoms with Crippen molar-refractivity contribution in [2.45, 2.75) is 25.4 Å². The van der Waals surface area contributed by atoms with Gasteiger partial charge in [0.25, 0.3) is 0 Å². The molecule has 2 aliphatic rings. The molecule has 2 aromatic carbocycles. The predicted octanol–water partition coefficient (Wildman–Crippen LogP) is 2.98. The number of nitrogens with zero attached hydrogens (tertiary/aromatic N) is 2. The molecule has 1 saturated heterocycles. The van der Waals surface area contributed by atoms with Crippen LogP contribution in [0.1, 0.15) is 16.8 Å². The van der Waals surface area contributed by atoms with E-state index >= 15 is 0 Å². The second-order valence-corrected chi connectivity index (χ2v) is 7.46. The van der Waals surface area contributed by atoms with E-state index in [2.05, 4.69) is 39.0 Å². The van der Waals surface area contributed by atoms with Crippen LogP contribution in [0.2, 0.25) is 0 Å². The molecule has 26 heavy (non-hydrogen) atoms. The summed E-state index contributed by atoms with van der Waals surface area (Å²) in [6.45, 7) is 3.59. The van der Waals surface area contributed by atoms with Crippen LogP contribution >= 0.6 is 0 Å². The Morgan fingerprint density at radius 2 is 1.85 bits per heavy atom. The van der Waals surface area contributed by atoms with Crippen LogP contribution in [-0.2, 0) is 24.2 Å². The summed E-state index contributed by atoms with van der Waals surface area (Å²) in [7, 11) is 0. The number of nitrogens with one attached hydrogen (secondary N) is 1. The number of fused-ring (bicyclic) bond motifs is 4. The minimum atomic E-state index is 0.251. The van der Waals surface area contributed by atoms with Gasteiger partial charge in [-0.1, -0.05) is 48.5 Å². The molecule has 5 rings (SSSR count). The number of piperazine rings is 1. The van der Waals surface area contributed by atoms with Crippen molar-refractivity contribution in [3.8, 4) is 0 Å².